The second kappa shape index (κ2) is 16.4. The molecule has 2 aromatic carbocycles. The van der Waals surface area contributed by atoms with Crippen LogP contribution in [0, 0.1) is 5.41 Å². The minimum atomic E-state index is -0.811. The second-order valence-electron chi connectivity index (χ2n) is 13.9. The predicted molar refractivity (Wildman–Crippen MR) is 201 cm³/mol. The molecular weight excluding hydrogens is 681 g/mol. The third kappa shape index (κ3) is 8.68. The molecular formula is C35H49Cl2N9O4. The highest BCUT2D eigenvalue weighted by molar-refractivity contribution is 6.33. The maximum atomic E-state index is 13.9. The van der Waals surface area contributed by atoms with Crippen LogP contribution in [0.1, 0.15) is 40.5 Å². The Morgan fingerprint density at radius 2 is 1.76 bits per heavy atom. The average Bonchev–Trinajstić information content (AvgIpc) is 3.57. The summed E-state index contributed by atoms with van der Waals surface area (Å²) in [6, 6.07) is 7.37. The van der Waals surface area contributed by atoms with Crippen LogP contribution in [0.4, 0.5) is 22.9 Å². The first kappa shape index (κ1) is 38.9. The highest BCUT2D eigenvalue weighted by Crippen LogP contribution is 2.36. The molecule has 3 amide bonds. The summed E-state index contributed by atoms with van der Waals surface area (Å²) in [5, 5.41) is 13.5. The van der Waals surface area contributed by atoms with Crippen molar-refractivity contribution in [1.29, 1.82) is 0 Å². The van der Waals surface area contributed by atoms with Gasteiger partial charge >= 0.3 is 0 Å². The van der Waals surface area contributed by atoms with Gasteiger partial charge in [-0.1, -0.05) is 32.4 Å². The Morgan fingerprint density at radius 3 is 2.40 bits per heavy atom. The van der Waals surface area contributed by atoms with Crippen LogP contribution in [-0.4, -0.2) is 110 Å². The molecule has 0 radical (unpaired) electrons. The van der Waals surface area contributed by atoms with E-state index in [0.29, 0.717) is 52.6 Å². The van der Waals surface area contributed by atoms with E-state index in [9.17, 15) is 14.4 Å². The van der Waals surface area contributed by atoms with Gasteiger partial charge in [-0.2, -0.15) is 0 Å². The lowest BCUT2D eigenvalue weighted by atomic mass is 9.85. The number of carbonyl (C=O) groups excluding carboxylic acids is 3. The molecule has 0 bridgehead atoms. The van der Waals surface area contributed by atoms with Gasteiger partial charge in [-0.25, -0.2) is 9.97 Å². The number of amides is 3. The Labute approximate surface area is 305 Å². The van der Waals surface area contributed by atoms with Gasteiger partial charge in [0.1, 0.15) is 30.0 Å². The summed E-state index contributed by atoms with van der Waals surface area (Å²) in [5.74, 6) is 0.0376. The number of hydrogen-bond acceptors (Lipinski definition) is 10. The number of piperazine rings is 1. The highest BCUT2D eigenvalue weighted by Gasteiger charge is 2.42. The first-order chi connectivity index (χ1) is 23.3. The fraction of sp³-hybridized carbons (Fsp3) is 0.514. The molecule has 0 spiro atoms. The van der Waals surface area contributed by atoms with Crippen LogP contribution in [0.3, 0.4) is 0 Å². The van der Waals surface area contributed by atoms with Crippen LogP contribution in [0.2, 0.25) is 5.02 Å². The number of carbonyl (C=O) groups is 3. The van der Waals surface area contributed by atoms with E-state index in [1.165, 1.54) is 13.4 Å². The SMILES string of the molecule is CNC(C)C(=O)NC(C(=O)N1CCCC1C(=O)Nc1cc2c(Nc3ccc(N4CCN(C)CC4)c(Cl)c3)ncnc2cc1OC)C(C)(C)C.Cl. The quantitative estimate of drug-likeness (QED) is 0.239. The van der Waals surface area contributed by atoms with Crippen molar-refractivity contribution in [3.05, 3.63) is 41.7 Å². The number of likely N-dealkylation sites (tertiary alicyclic amines) is 1. The summed E-state index contributed by atoms with van der Waals surface area (Å²) in [5.41, 5.74) is 2.21. The first-order valence-corrected chi connectivity index (χ1v) is 17.1. The number of halogens is 2. The van der Waals surface area contributed by atoms with Gasteiger partial charge in [-0.05, 0) is 63.5 Å². The number of rotatable bonds is 10. The van der Waals surface area contributed by atoms with Crippen LogP contribution in [0.15, 0.2) is 36.7 Å². The molecule has 15 heteroatoms. The first-order valence-electron chi connectivity index (χ1n) is 16.7. The predicted octanol–water partition coefficient (Wildman–Crippen LogP) is 4.28. The fourth-order valence-corrected chi connectivity index (χ4v) is 6.51. The summed E-state index contributed by atoms with van der Waals surface area (Å²) < 4.78 is 5.65. The Bertz CT molecular complexity index is 1690. The average molecular weight is 731 g/mol. The maximum Gasteiger partial charge on any atom is 0.247 e. The van der Waals surface area contributed by atoms with Gasteiger partial charge in [-0.3, -0.25) is 14.4 Å². The lowest BCUT2D eigenvalue weighted by Gasteiger charge is -2.36. The minimum absolute atomic E-state index is 0. The largest absolute Gasteiger partial charge is 0.494 e. The smallest absolute Gasteiger partial charge is 0.247 e. The van der Waals surface area contributed by atoms with E-state index in [0.717, 1.165) is 37.6 Å². The Kier molecular flexibility index (Phi) is 12.8. The van der Waals surface area contributed by atoms with E-state index < -0.39 is 23.5 Å². The standard InChI is InChI=1S/C35H48ClN9O4.ClH/c1-21(37-5)32(46)42-30(35(2,3)4)34(48)45-12-8-9-28(45)33(47)41-26-18-23-25(19-29(26)49-7)38-20-39-31(23)40-22-10-11-27(24(36)17-22)44-15-13-43(6)14-16-44;/h10-11,17-21,28,30,37H,8-9,12-16H2,1-7H3,(H,41,47)(H,42,46)(H,38,39,40);1H. The van der Waals surface area contributed by atoms with Crippen molar-refractivity contribution >= 4 is 75.5 Å². The molecule has 3 heterocycles. The van der Waals surface area contributed by atoms with Crippen molar-refractivity contribution in [2.75, 3.05) is 69.5 Å². The van der Waals surface area contributed by atoms with Crippen molar-refractivity contribution in [3.8, 4) is 5.75 Å². The molecule has 272 valence electrons. The lowest BCUT2D eigenvalue weighted by molar-refractivity contribution is -0.143. The zero-order valence-electron chi connectivity index (χ0n) is 29.8. The number of anilines is 4. The molecule has 3 unspecified atom stereocenters. The topological polar surface area (TPSA) is 144 Å². The third-order valence-electron chi connectivity index (χ3n) is 9.33. The van der Waals surface area contributed by atoms with E-state index in [2.05, 4.69) is 48.1 Å². The molecule has 50 heavy (non-hydrogen) atoms. The fourth-order valence-electron chi connectivity index (χ4n) is 6.21. The molecule has 13 nitrogen and oxygen atoms in total. The van der Waals surface area contributed by atoms with Crippen molar-refractivity contribution < 1.29 is 19.1 Å². The number of likely N-dealkylation sites (N-methyl/N-ethyl adjacent to an activating group) is 2. The Balaban J connectivity index is 0.00000562. The molecule has 3 aromatic rings. The molecule has 5 rings (SSSR count). The van der Waals surface area contributed by atoms with E-state index >= 15 is 0 Å². The molecule has 3 atom stereocenters. The van der Waals surface area contributed by atoms with Gasteiger partial charge in [0.05, 0.1) is 35.1 Å². The molecule has 2 fully saturated rings. The summed E-state index contributed by atoms with van der Waals surface area (Å²) in [4.78, 5) is 55.6. The van der Waals surface area contributed by atoms with E-state index in [1.807, 2.05) is 39.0 Å². The number of fused-ring (bicyclic) bond motifs is 1. The van der Waals surface area contributed by atoms with Crippen LogP contribution < -0.4 is 30.9 Å². The van der Waals surface area contributed by atoms with Gasteiger partial charge in [-0.15, -0.1) is 12.4 Å². The number of aromatic nitrogens is 2. The molecule has 2 aliphatic rings. The van der Waals surface area contributed by atoms with Gasteiger partial charge in [0.25, 0.3) is 0 Å². The number of methoxy groups -OCH3 is 1. The second-order valence-corrected chi connectivity index (χ2v) is 14.3. The van der Waals surface area contributed by atoms with Crippen LogP contribution in [0.25, 0.3) is 10.9 Å². The molecule has 0 aliphatic carbocycles. The zero-order valence-corrected chi connectivity index (χ0v) is 31.4. The van der Waals surface area contributed by atoms with Crippen molar-refractivity contribution in [2.45, 2.75) is 58.7 Å². The summed E-state index contributed by atoms with van der Waals surface area (Å²) in [6.45, 7) is 11.6. The van der Waals surface area contributed by atoms with E-state index in [1.54, 1.807) is 31.0 Å². The van der Waals surface area contributed by atoms with Crippen molar-refractivity contribution in [2.24, 2.45) is 5.41 Å². The van der Waals surface area contributed by atoms with Gasteiger partial charge < -0.3 is 40.7 Å². The maximum absolute atomic E-state index is 13.9. The normalized spacial score (nSPS) is 17.9. The van der Waals surface area contributed by atoms with Gasteiger partial charge in [0.2, 0.25) is 17.7 Å². The molecule has 4 N–H and O–H groups in total. The zero-order chi connectivity index (χ0) is 35.5. The number of ether oxygens (including phenoxy) is 1. The number of nitrogens with one attached hydrogen (secondary N) is 4. The van der Waals surface area contributed by atoms with Crippen LogP contribution in [0.5, 0.6) is 5.75 Å². The van der Waals surface area contributed by atoms with E-state index in [4.69, 9.17) is 16.3 Å². The molecule has 2 saturated heterocycles. The number of nitrogens with zero attached hydrogens (tertiary/aromatic N) is 5. The summed E-state index contributed by atoms with van der Waals surface area (Å²) in [7, 11) is 5.33. The van der Waals surface area contributed by atoms with Gasteiger partial charge in [0.15, 0.2) is 0 Å². The molecule has 0 saturated carbocycles. The summed E-state index contributed by atoms with van der Waals surface area (Å²) >= 11 is 6.75. The van der Waals surface area contributed by atoms with Crippen molar-refractivity contribution in [3.63, 3.8) is 0 Å². The number of hydrogen-bond donors (Lipinski definition) is 4. The monoisotopic (exact) mass is 729 g/mol. The molecule has 1 aromatic heterocycles. The lowest BCUT2D eigenvalue weighted by Crippen LogP contribution is -2.59. The number of benzene rings is 2. The van der Waals surface area contributed by atoms with Crippen molar-refractivity contribution in [1.82, 2.24) is 30.4 Å². The van der Waals surface area contributed by atoms with Gasteiger partial charge in [0, 0.05) is 49.9 Å². The Morgan fingerprint density at radius 1 is 1.04 bits per heavy atom. The minimum Gasteiger partial charge on any atom is -0.494 e. The van der Waals surface area contributed by atoms with E-state index in [-0.39, 0.29) is 30.1 Å². The van der Waals surface area contributed by atoms with Crippen LogP contribution >= 0.6 is 24.0 Å². The highest BCUT2D eigenvalue weighted by atomic mass is 35.5. The Hall–Kier alpha value is -3.91. The van der Waals surface area contributed by atoms with Crippen LogP contribution in [-0.2, 0) is 14.4 Å². The summed E-state index contributed by atoms with van der Waals surface area (Å²) in [6.07, 6.45) is 2.62. The molecule has 2 aliphatic heterocycles. The third-order valence-corrected chi connectivity index (χ3v) is 9.64.